The number of piperidine rings is 1. The van der Waals surface area contributed by atoms with Crippen LogP contribution in [-0.4, -0.2) is 48.9 Å². The average molecular weight is 489 g/mol. The molecule has 2 aromatic carbocycles. The van der Waals surface area contributed by atoms with Crippen molar-refractivity contribution in [2.45, 2.75) is 32.7 Å². The van der Waals surface area contributed by atoms with Gasteiger partial charge in [-0.1, -0.05) is 31.2 Å². The fourth-order valence-corrected chi connectivity index (χ4v) is 3.99. The van der Waals surface area contributed by atoms with Crippen LogP contribution in [0.5, 0.6) is 0 Å². The van der Waals surface area contributed by atoms with Gasteiger partial charge in [0.05, 0.1) is 18.6 Å². The SMILES string of the molecule is CCc1ccc(C(=O)NOCC2(C(=O)NCc3cccc(F)c3F)CCN(C(=O)CN)CC2)cc1. The summed E-state index contributed by atoms with van der Waals surface area (Å²) in [5.74, 6) is -3.16. The third kappa shape index (κ3) is 6.40. The zero-order chi connectivity index (χ0) is 25.4. The van der Waals surface area contributed by atoms with Crippen LogP contribution in [0.4, 0.5) is 8.78 Å². The normalized spacial score (nSPS) is 14.9. The first-order valence-corrected chi connectivity index (χ1v) is 11.5. The summed E-state index contributed by atoms with van der Waals surface area (Å²) in [4.78, 5) is 44.6. The molecule has 0 radical (unpaired) electrons. The van der Waals surface area contributed by atoms with E-state index in [1.54, 1.807) is 17.0 Å². The van der Waals surface area contributed by atoms with Crippen LogP contribution in [0.2, 0.25) is 0 Å². The molecule has 0 unspecified atom stereocenters. The summed E-state index contributed by atoms with van der Waals surface area (Å²) in [6.45, 7) is 2.04. The van der Waals surface area contributed by atoms with Crippen molar-refractivity contribution in [2.24, 2.45) is 11.1 Å². The first kappa shape index (κ1) is 26.2. The van der Waals surface area contributed by atoms with Gasteiger partial charge >= 0.3 is 0 Å². The van der Waals surface area contributed by atoms with Gasteiger partial charge in [-0.2, -0.15) is 0 Å². The van der Waals surface area contributed by atoms with E-state index < -0.39 is 28.9 Å². The molecule has 0 aromatic heterocycles. The molecule has 8 nitrogen and oxygen atoms in total. The van der Waals surface area contributed by atoms with Crippen LogP contribution in [0.25, 0.3) is 0 Å². The van der Waals surface area contributed by atoms with Crippen molar-refractivity contribution >= 4 is 17.7 Å². The van der Waals surface area contributed by atoms with E-state index in [1.807, 2.05) is 19.1 Å². The molecule has 2 aromatic rings. The molecule has 35 heavy (non-hydrogen) atoms. The van der Waals surface area contributed by atoms with E-state index in [2.05, 4.69) is 10.8 Å². The Bertz CT molecular complexity index is 1050. The second kappa shape index (κ2) is 11.9. The molecule has 0 saturated carbocycles. The van der Waals surface area contributed by atoms with Crippen LogP contribution >= 0.6 is 0 Å². The molecule has 188 valence electrons. The number of benzene rings is 2. The lowest BCUT2D eigenvalue weighted by Crippen LogP contribution is -2.53. The molecule has 1 fully saturated rings. The molecule has 3 amide bonds. The Balaban J connectivity index is 1.66. The predicted octanol–water partition coefficient (Wildman–Crippen LogP) is 2.07. The van der Waals surface area contributed by atoms with Gasteiger partial charge in [0.2, 0.25) is 11.8 Å². The van der Waals surface area contributed by atoms with Crippen molar-refractivity contribution in [1.82, 2.24) is 15.7 Å². The van der Waals surface area contributed by atoms with Gasteiger partial charge in [-0.25, -0.2) is 14.3 Å². The highest BCUT2D eigenvalue weighted by Gasteiger charge is 2.43. The van der Waals surface area contributed by atoms with Crippen molar-refractivity contribution in [3.8, 4) is 0 Å². The highest BCUT2D eigenvalue weighted by molar-refractivity contribution is 5.93. The average Bonchev–Trinajstić information content (AvgIpc) is 2.89. The Morgan fingerprint density at radius 2 is 1.77 bits per heavy atom. The van der Waals surface area contributed by atoms with Gasteiger partial charge in [-0.05, 0) is 43.0 Å². The standard InChI is InChI=1S/C25H30F2N4O4/c1-2-17-6-8-18(9-7-17)23(33)30-35-16-25(10-12-31(13-11-25)21(32)14-28)24(34)29-15-19-4-3-5-20(26)22(19)27/h3-9H,2,10-16,28H2,1H3,(H,29,34)(H,30,33). The number of carbonyl (C=O) groups excluding carboxylic acids is 3. The second-order valence-electron chi connectivity index (χ2n) is 8.53. The number of nitrogens with two attached hydrogens (primary N) is 1. The van der Waals surface area contributed by atoms with Gasteiger partial charge in [0, 0.05) is 30.8 Å². The molecule has 1 saturated heterocycles. The van der Waals surface area contributed by atoms with E-state index in [0.717, 1.165) is 18.1 Å². The van der Waals surface area contributed by atoms with E-state index in [0.29, 0.717) is 5.56 Å². The zero-order valence-electron chi connectivity index (χ0n) is 19.6. The number of carbonyl (C=O) groups is 3. The molecule has 0 atom stereocenters. The Hall–Kier alpha value is -3.37. The minimum absolute atomic E-state index is 0.00833. The number of likely N-dealkylation sites (tertiary alicyclic amines) is 1. The van der Waals surface area contributed by atoms with Crippen molar-refractivity contribution < 1.29 is 28.0 Å². The second-order valence-corrected chi connectivity index (χ2v) is 8.53. The molecule has 10 heteroatoms. The number of hydrogen-bond donors (Lipinski definition) is 3. The number of rotatable bonds is 9. The molecular formula is C25H30F2N4O4. The lowest BCUT2D eigenvalue weighted by atomic mass is 9.78. The summed E-state index contributed by atoms with van der Waals surface area (Å²) in [5.41, 5.74) is 8.23. The predicted molar refractivity (Wildman–Crippen MR) is 125 cm³/mol. The number of nitrogens with one attached hydrogen (secondary N) is 2. The van der Waals surface area contributed by atoms with E-state index in [1.165, 1.54) is 12.1 Å². The largest absolute Gasteiger partial charge is 0.351 e. The number of hydrogen-bond acceptors (Lipinski definition) is 5. The van der Waals surface area contributed by atoms with Crippen molar-refractivity contribution in [1.29, 1.82) is 0 Å². The van der Waals surface area contributed by atoms with Gasteiger partial charge in [0.1, 0.15) is 0 Å². The fourth-order valence-electron chi connectivity index (χ4n) is 3.99. The molecule has 3 rings (SSSR count). The van der Waals surface area contributed by atoms with Gasteiger partial charge in [-0.15, -0.1) is 0 Å². The molecule has 1 aliphatic heterocycles. The van der Waals surface area contributed by atoms with Gasteiger partial charge in [0.15, 0.2) is 11.6 Å². The van der Waals surface area contributed by atoms with Crippen LogP contribution in [0.3, 0.4) is 0 Å². The number of amides is 3. The zero-order valence-corrected chi connectivity index (χ0v) is 19.6. The minimum atomic E-state index is -1.09. The summed E-state index contributed by atoms with van der Waals surface area (Å²) in [5, 5.41) is 2.65. The maximum atomic E-state index is 14.0. The van der Waals surface area contributed by atoms with Crippen molar-refractivity contribution in [3.63, 3.8) is 0 Å². The summed E-state index contributed by atoms with van der Waals surface area (Å²) in [6.07, 6.45) is 1.34. The van der Waals surface area contributed by atoms with Crippen LogP contribution < -0.4 is 16.5 Å². The molecule has 0 bridgehead atoms. The van der Waals surface area contributed by atoms with E-state index in [9.17, 15) is 23.2 Å². The topological polar surface area (TPSA) is 114 Å². The van der Waals surface area contributed by atoms with Gasteiger partial charge < -0.3 is 16.0 Å². The monoisotopic (exact) mass is 488 g/mol. The Morgan fingerprint density at radius 1 is 1.09 bits per heavy atom. The van der Waals surface area contributed by atoms with Gasteiger partial charge in [-0.3, -0.25) is 19.2 Å². The third-order valence-electron chi connectivity index (χ3n) is 6.34. The minimum Gasteiger partial charge on any atom is -0.351 e. The highest BCUT2D eigenvalue weighted by atomic mass is 19.2. The van der Waals surface area contributed by atoms with Crippen LogP contribution in [0, 0.1) is 17.0 Å². The summed E-state index contributed by atoms with van der Waals surface area (Å²) >= 11 is 0. The van der Waals surface area contributed by atoms with Crippen LogP contribution in [-0.2, 0) is 27.4 Å². The van der Waals surface area contributed by atoms with Crippen LogP contribution in [0.1, 0.15) is 41.3 Å². The van der Waals surface area contributed by atoms with Gasteiger partial charge in [0.25, 0.3) is 5.91 Å². The fraction of sp³-hybridized carbons (Fsp3) is 0.400. The summed E-state index contributed by atoms with van der Waals surface area (Å²) in [7, 11) is 0. The third-order valence-corrected chi connectivity index (χ3v) is 6.34. The maximum Gasteiger partial charge on any atom is 0.274 e. The molecule has 1 aliphatic rings. The summed E-state index contributed by atoms with van der Waals surface area (Å²) < 4.78 is 27.5. The lowest BCUT2D eigenvalue weighted by Gasteiger charge is -2.40. The molecule has 1 heterocycles. The van der Waals surface area contributed by atoms with Crippen molar-refractivity contribution in [2.75, 3.05) is 26.2 Å². The lowest BCUT2D eigenvalue weighted by molar-refractivity contribution is -0.145. The number of hydroxylamine groups is 1. The van der Waals surface area contributed by atoms with Crippen molar-refractivity contribution in [3.05, 3.63) is 70.8 Å². The highest BCUT2D eigenvalue weighted by Crippen LogP contribution is 2.32. The smallest absolute Gasteiger partial charge is 0.274 e. The number of aryl methyl sites for hydroxylation is 1. The van der Waals surface area contributed by atoms with E-state index in [-0.39, 0.29) is 57.1 Å². The number of nitrogens with zero attached hydrogens (tertiary/aromatic N) is 1. The van der Waals surface area contributed by atoms with E-state index >= 15 is 0 Å². The molecule has 0 spiro atoms. The Labute approximate surface area is 202 Å². The molecule has 0 aliphatic carbocycles. The summed E-state index contributed by atoms with van der Waals surface area (Å²) in [6, 6.07) is 10.8. The molecular weight excluding hydrogens is 458 g/mol. The van der Waals surface area contributed by atoms with E-state index in [4.69, 9.17) is 10.6 Å². The maximum absolute atomic E-state index is 14.0. The number of halogens is 2. The molecule has 4 N–H and O–H groups in total. The first-order chi connectivity index (χ1) is 16.8. The first-order valence-electron chi connectivity index (χ1n) is 11.5. The Morgan fingerprint density at radius 3 is 2.40 bits per heavy atom. The van der Waals surface area contributed by atoms with Crippen LogP contribution in [0.15, 0.2) is 42.5 Å². The Kier molecular flexibility index (Phi) is 8.89. The quantitative estimate of drug-likeness (QED) is 0.468.